The van der Waals surface area contributed by atoms with Crippen molar-refractivity contribution in [1.29, 1.82) is 0 Å². The Bertz CT molecular complexity index is 591. The fourth-order valence-electron chi connectivity index (χ4n) is 2.08. The van der Waals surface area contributed by atoms with E-state index < -0.39 is 23.7 Å². The Morgan fingerprint density at radius 1 is 1.24 bits per heavy atom. The molecule has 3 rings (SSSR count). The number of rotatable bonds is 3. The zero-order valence-corrected chi connectivity index (χ0v) is 11.8. The molecule has 6 nitrogen and oxygen atoms in total. The van der Waals surface area contributed by atoms with Crippen molar-refractivity contribution in [2.24, 2.45) is 0 Å². The van der Waals surface area contributed by atoms with Crippen LogP contribution in [0, 0.1) is 0 Å². The van der Waals surface area contributed by atoms with E-state index in [0.717, 1.165) is 5.56 Å². The SMILES string of the molecule is O[C@@H]1[C@@H](O)[C@@H](Oc2cncc(-c3ccco3)c2)SC[C@H]1O. The van der Waals surface area contributed by atoms with Crippen molar-refractivity contribution in [3.8, 4) is 17.1 Å². The van der Waals surface area contributed by atoms with Gasteiger partial charge in [-0.05, 0) is 18.2 Å². The molecule has 0 amide bonds. The molecule has 2 aromatic rings. The number of aliphatic hydroxyl groups is 3. The lowest BCUT2D eigenvalue weighted by atomic mass is 10.1. The van der Waals surface area contributed by atoms with Gasteiger partial charge in [0, 0.05) is 17.5 Å². The van der Waals surface area contributed by atoms with Crippen LogP contribution in [-0.4, -0.2) is 49.8 Å². The molecule has 0 aliphatic carbocycles. The van der Waals surface area contributed by atoms with Gasteiger partial charge >= 0.3 is 0 Å². The minimum Gasteiger partial charge on any atom is -0.475 e. The van der Waals surface area contributed by atoms with Gasteiger partial charge in [-0.15, -0.1) is 11.8 Å². The first-order chi connectivity index (χ1) is 10.1. The van der Waals surface area contributed by atoms with E-state index in [4.69, 9.17) is 9.15 Å². The summed E-state index contributed by atoms with van der Waals surface area (Å²) in [4.78, 5) is 4.08. The predicted molar refractivity (Wildman–Crippen MR) is 76.8 cm³/mol. The molecular formula is C14H15NO5S. The maximum Gasteiger partial charge on any atom is 0.173 e. The third-order valence-corrected chi connectivity index (χ3v) is 4.46. The zero-order valence-electron chi connectivity index (χ0n) is 11.0. The highest BCUT2D eigenvalue weighted by Gasteiger charge is 2.38. The number of aliphatic hydroxyl groups excluding tert-OH is 3. The third-order valence-electron chi connectivity index (χ3n) is 3.23. The van der Waals surface area contributed by atoms with Crippen molar-refractivity contribution < 1.29 is 24.5 Å². The lowest BCUT2D eigenvalue weighted by Gasteiger charge is -2.34. The lowest BCUT2D eigenvalue weighted by Crippen LogP contribution is -2.50. The molecule has 3 heterocycles. The van der Waals surface area contributed by atoms with Crippen molar-refractivity contribution in [3.63, 3.8) is 0 Å². The van der Waals surface area contributed by atoms with E-state index in [1.165, 1.54) is 18.0 Å². The van der Waals surface area contributed by atoms with Crippen molar-refractivity contribution in [2.45, 2.75) is 23.7 Å². The normalized spacial score (nSPS) is 29.3. The molecule has 3 N–H and O–H groups in total. The summed E-state index contributed by atoms with van der Waals surface area (Å²) < 4.78 is 11.0. The van der Waals surface area contributed by atoms with Crippen molar-refractivity contribution >= 4 is 11.8 Å². The Morgan fingerprint density at radius 3 is 2.86 bits per heavy atom. The monoisotopic (exact) mass is 309 g/mol. The van der Waals surface area contributed by atoms with E-state index in [-0.39, 0.29) is 0 Å². The first-order valence-electron chi connectivity index (χ1n) is 6.46. The fraction of sp³-hybridized carbons (Fsp3) is 0.357. The van der Waals surface area contributed by atoms with E-state index in [1.54, 1.807) is 24.6 Å². The predicted octanol–water partition coefficient (Wildman–Crippen LogP) is 0.876. The summed E-state index contributed by atoms with van der Waals surface area (Å²) >= 11 is 1.25. The maximum absolute atomic E-state index is 9.93. The average Bonchev–Trinajstić information content (AvgIpc) is 3.03. The second-order valence-electron chi connectivity index (χ2n) is 4.75. The van der Waals surface area contributed by atoms with E-state index in [0.29, 0.717) is 17.3 Å². The molecule has 1 aliphatic heterocycles. The zero-order chi connectivity index (χ0) is 14.8. The van der Waals surface area contributed by atoms with Crippen molar-refractivity contribution in [3.05, 3.63) is 36.9 Å². The van der Waals surface area contributed by atoms with Gasteiger partial charge in [0.25, 0.3) is 0 Å². The second kappa shape index (κ2) is 6.07. The highest BCUT2D eigenvalue weighted by Crippen LogP contribution is 2.30. The average molecular weight is 309 g/mol. The van der Waals surface area contributed by atoms with Gasteiger partial charge in [-0.3, -0.25) is 4.98 Å². The summed E-state index contributed by atoms with van der Waals surface area (Å²) in [5.74, 6) is 1.43. The van der Waals surface area contributed by atoms with E-state index in [2.05, 4.69) is 4.98 Å². The van der Waals surface area contributed by atoms with Crippen LogP contribution < -0.4 is 4.74 Å². The molecule has 21 heavy (non-hydrogen) atoms. The van der Waals surface area contributed by atoms with E-state index in [9.17, 15) is 15.3 Å². The molecule has 0 bridgehead atoms. The van der Waals surface area contributed by atoms with Crippen LogP contribution in [0.5, 0.6) is 5.75 Å². The van der Waals surface area contributed by atoms with Crippen LogP contribution in [0.3, 0.4) is 0 Å². The van der Waals surface area contributed by atoms with Crippen LogP contribution in [0.4, 0.5) is 0 Å². The highest BCUT2D eigenvalue weighted by atomic mass is 32.2. The van der Waals surface area contributed by atoms with Crippen LogP contribution in [0.25, 0.3) is 11.3 Å². The van der Waals surface area contributed by atoms with Crippen LogP contribution in [-0.2, 0) is 0 Å². The third kappa shape index (κ3) is 3.06. The molecule has 0 saturated carbocycles. The van der Waals surface area contributed by atoms with Crippen molar-refractivity contribution in [2.75, 3.05) is 5.75 Å². The number of aromatic nitrogens is 1. The second-order valence-corrected chi connectivity index (χ2v) is 5.89. The molecule has 7 heteroatoms. The Kier molecular flexibility index (Phi) is 4.16. The molecule has 4 atom stereocenters. The summed E-state index contributed by atoms with van der Waals surface area (Å²) in [5, 5.41) is 29.1. The van der Waals surface area contributed by atoms with Gasteiger partial charge in [-0.2, -0.15) is 0 Å². The standard InChI is InChI=1S/C14H15NO5S/c16-10-7-21-14(13(18)12(10)17)20-9-4-8(5-15-6-9)11-2-1-3-19-11/h1-6,10,12-14,16-18H,7H2/t10-,12+,13-,14+/m1/s1. The first-order valence-corrected chi connectivity index (χ1v) is 7.51. The Balaban J connectivity index is 1.75. The van der Waals surface area contributed by atoms with Gasteiger partial charge in [0.2, 0.25) is 0 Å². The van der Waals surface area contributed by atoms with Gasteiger partial charge < -0.3 is 24.5 Å². The Morgan fingerprint density at radius 2 is 2.10 bits per heavy atom. The summed E-state index contributed by atoms with van der Waals surface area (Å²) in [5.41, 5.74) is 0.102. The molecule has 0 aromatic carbocycles. The van der Waals surface area contributed by atoms with Crippen molar-refractivity contribution in [1.82, 2.24) is 4.98 Å². The first kappa shape index (κ1) is 14.4. The highest BCUT2D eigenvalue weighted by molar-refractivity contribution is 7.99. The largest absolute Gasteiger partial charge is 0.475 e. The molecule has 0 radical (unpaired) electrons. The topological polar surface area (TPSA) is 96.0 Å². The Labute approximate surface area is 125 Å². The lowest BCUT2D eigenvalue weighted by molar-refractivity contribution is -0.0786. The van der Waals surface area contributed by atoms with Gasteiger partial charge in [0.1, 0.15) is 23.7 Å². The minimum atomic E-state index is -1.21. The molecule has 1 saturated heterocycles. The van der Waals surface area contributed by atoms with Gasteiger partial charge in [0.15, 0.2) is 5.44 Å². The van der Waals surface area contributed by atoms with Gasteiger partial charge in [-0.25, -0.2) is 0 Å². The molecule has 0 spiro atoms. The van der Waals surface area contributed by atoms with Gasteiger partial charge in [-0.1, -0.05) is 0 Å². The fourth-order valence-corrected chi connectivity index (χ4v) is 3.20. The number of furan rings is 1. The number of pyridine rings is 1. The van der Waals surface area contributed by atoms with Crippen LogP contribution in [0.15, 0.2) is 41.3 Å². The van der Waals surface area contributed by atoms with Crippen LogP contribution in [0.2, 0.25) is 0 Å². The smallest absolute Gasteiger partial charge is 0.173 e. The Hall–Kier alpha value is -1.54. The molecule has 0 unspecified atom stereocenters. The molecule has 1 aliphatic rings. The summed E-state index contributed by atoms with van der Waals surface area (Å²) in [6, 6.07) is 5.34. The van der Waals surface area contributed by atoms with E-state index >= 15 is 0 Å². The number of hydrogen-bond acceptors (Lipinski definition) is 7. The summed E-state index contributed by atoms with van der Waals surface area (Å²) in [6.45, 7) is 0. The molecule has 2 aromatic heterocycles. The molecule has 1 fully saturated rings. The number of ether oxygens (including phenoxy) is 1. The quantitative estimate of drug-likeness (QED) is 0.774. The maximum atomic E-state index is 9.93. The number of thioether (sulfide) groups is 1. The summed E-state index contributed by atoms with van der Waals surface area (Å²) in [6.07, 6.45) is 1.42. The van der Waals surface area contributed by atoms with Crippen LogP contribution >= 0.6 is 11.8 Å². The van der Waals surface area contributed by atoms with Gasteiger partial charge in [0.05, 0.1) is 18.6 Å². The van der Waals surface area contributed by atoms with E-state index in [1.807, 2.05) is 6.07 Å². The number of hydrogen-bond donors (Lipinski definition) is 3. The van der Waals surface area contributed by atoms with Crippen LogP contribution in [0.1, 0.15) is 0 Å². The molecular weight excluding hydrogens is 294 g/mol. The molecule has 112 valence electrons. The summed E-state index contributed by atoms with van der Waals surface area (Å²) in [7, 11) is 0. The number of nitrogens with zero attached hydrogens (tertiary/aromatic N) is 1. The minimum absolute atomic E-state index is 0.300.